The maximum atomic E-state index is 12.8. The van der Waals surface area contributed by atoms with E-state index in [4.69, 9.17) is 0 Å². The lowest BCUT2D eigenvalue weighted by atomic mass is 9.94. The van der Waals surface area contributed by atoms with Crippen LogP contribution in [-0.2, 0) is 4.79 Å². The zero-order valence-corrected chi connectivity index (χ0v) is 12.8. The molecule has 1 amide bonds. The SMILES string of the molecule is CC1CCCC1C(=O)N(CC1CCCNC1)C(C)C. The molecule has 19 heavy (non-hydrogen) atoms. The van der Waals surface area contributed by atoms with Crippen molar-refractivity contribution < 1.29 is 4.79 Å². The Morgan fingerprint density at radius 3 is 2.58 bits per heavy atom. The first-order valence-corrected chi connectivity index (χ1v) is 8.10. The molecular weight excluding hydrogens is 236 g/mol. The highest BCUT2D eigenvalue weighted by molar-refractivity contribution is 5.79. The second kappa shape index (κ2) is 6.74. The quantitative estimate of drug-likeness (QED) is 0.848. The van der Waals surface area contributed by atoms with Crippen LogP contribution in [0.15, 0.2) is 0 Å². The normalized spacial score (nSPS) is 31.7. The second-order valence-corrected chi connectivity index (χ2v) is 6.81. The van der Waals surface area contributed by atoms with E-state index in [0.717, 1.165) is 26.1 Å². The topological polar surface area (TPSA) is 32.3 Å². The monoisotopic (exact) mass is 266 g/mol. The third-order valence-corrected chi connectivity index (χ3v) is 4.94. The van der Waals surface area contributed by atoms with E-state index in [2.05, 4.69) is 31.0 Å². The molecule has 2 aliphatic rings. The van der Waals surface area contributed by atoms with Gasteiger partial charge in [0, 0.05) is 18.5 Å². The number of nitrogens with one attached hydrogen (secondary N) is 1. The van der Waals surface area contributed by atoms with E-state index in [9.17, 15) is 4.79 Å². The van der Waals surface area contributed by atoms with Gasteiger partial charge in [0.2, 0.25) is 5.91 Å². The molecule has 110 valence electrons. The van der Waals surface area contributed by atoms with Gasteiger partial charge >= 0.3 is 0 Å². The Morgan fingerprint density at radius 1 is 1.26 bits per heavy atom. The van der Waals surface area contributed by atoms with Crippen molar-refractivity contribution in [3.05, 3.63) is 0 Å². The van der Waals surface area contributed by atoms with Gasteiger partial charge in [-0.25, -0.2) is 0 Å². The van der Waals surface area contributed by atoms with Crippen molar-refractivity contribution in [2.45, 2.75) is 58.9 Å². The van der Waals surface area contributed by atoms with Gasteiger partial charge in [0.15, 0.2) is 0 Å². The summed E-state index contributed by atoms with van der Waals surface area (Å²) in [5, 5.41) is 3.46. The molecule has 3 unspecified atom stereocenters. The van der Waals surface area contributed by atoms with Gasteiger partial charge in [-0.2, -0.15) is 0 Å². The van der Waals surface area contributed by atoms with Crippen LogP contribution < -0.4 is 5.32 Å². The van der Waals surface area contributed by atoms with Gasteiger partial charge in [-0.1, -0.05) is 13.3 Å². The highest BCUT2D eigenvalue weighted by Gasteiger charge is 2.34. The molecule has 1 heterocycles. The molecule has 0 spiro atoms. The third-order valence-electron chi connectivity index (χ3n) is 4.94. The highest BCUT2D eigenvalue weighted by atomic mass is 16.2. The first kappa shape index (κ1) is 14.8. The highest BCUT2D eigenvalue weighted by Crippen LogP contribution is 2.33. The fourth-order valence-electron chi connectivity index (χ4n) is 3.64. The number of hydrogen-bond donors (Lipinski definition) is 1. The number of rotatable bonds is 4. The average molecular weight is 266 g/mol. The molecular formula is C16H30N2O. The minimum Gasteiger partial charge on any atom is -0.340 e. The smallest absolute Gasteiger partial charge is 0.226 e. The van der Waals surface area contributed by atoms with Crippen molar-refractivity contribution in [1.29, 1.82) is 0 Å². The minimum absolute atomic E-state index is 0.291. The number of piperidine rings is 1. The summed E-state index contributed by atoms with van der Waals surface area (Å²) in [5.41, 5.74) is 0. The second-order valence-electron chi connectivity index (χ2n) is 6.81. The average Bonchev–Trinajstić information content (AvgIpc) is 2.82. The summed E-state index contributed by atoms with van der Waals surface area (Å²) in [6, 6.07) is 0.335. The molecule has 1 saturated heterocycles. The van der Waals surface area contributed by atoms with Gasteiger partial charge in [-0.3, -0.25) is 4.79 Å². The van der Waals surface area contributed by atoms with Crippen molar-refractivity contribution in [2.75, 3.05) is 19.6 Å². The van der Waals surface area contributed by atoms with Crippen LogP contribution in [0.1, 0.15) is 52.9 Å². The lowest BCUT2D eigenvalue weighted by molar-refractivity contribution is -0.139. The molecule has 3 nitrogen and oxygen atoms in total. The molecule has 3 atom stereocenters. The fourth-order valence-corrected chi connectivity index (χ4v) is 3.64. The van der Waals surface area contributed by atoms with Gasteiger partial charge in [-0.15, -0.1) is 0 Å². The molecule has 1 N–H and O–H groups in total. The molecule has 1 aliphatic heterocycles. The lowest BCUT2D eigenvalue weighted by Crippen LogP contribution is -2.46. The summed E-state index contributed by atoms with van der Waals surface area (Å²) in [7, 11) is 0. The van der Waals surface area contributed by atoms with Crippen LogP contribution in [0.2, 0.25) is 0 Å². The Balaban J connectivity index is 1.96. The maximum absolute atomic E-state index is 12.8. The summed E-state index contributed by atoms with van der Waals surface area (Å²) < 4.78 is 0. The Hall–Kier alpha value is -0.570. The van der Waals surface area contributed by atoms with Gasteiger partial charge < -0.3 is 10.2 Å². The van der Waals surface area contributed by atoms with E-state index >= 15 is 0 Å². The number of carbonyl (C=O) groups excluding carboxylic acids is 1. The molecule has 0 radical (unpaired) electrons. The van der Waals surface area contributed by atoms with Crippen molar-refractivity contribution >= 4 is 5.91 Å². The summed E-state index contributed by atoms with van der Waals surface area (Å²) >= 11 is 0. The van der Waals surface area contributed by atoms with Crippen LogP contribution in [0.4, 0.5) is 0 Å². The van der Waals surface area contributed by atoms with E-state index in [1.807, 2.05) is 0 Å². The number of nitrogens with zero attached hydrogens (tertiary/aromatic N) is 1. The van der Waals surface area contributed by atoms with Gasteiger partial charge in [0.1, 0.15) is 0 Å². The van der Waals surface area contributed by atoms with Crippen molar-refractivity contribution in [3.8, 4) is 0 Å². The van der Waals surface area contributed by atoms with Gasteiger partial charge in [-0.05, 0) is 64.5 Å². The first-order chi connectivity index (χ1) is 9.09. The summed E-state index contributed by atoms with van der Waals surface area (Å²) in [6.07, 6.45) is 6.09. The zero-order chi connectivity index (χ0) is 13.8. The Morgan fingerprint density at radius 2 is 2.05 bits per heavy atom. The summed E-state index contributed by atoms with van der Waals surface area (Å²) in [5.74, 6) is 1.94. The number of amides is 1. The zero-order valence-electron chi connectivity index (χ0n) is 12.8. The van der Waals surface area contributed by atoms with Crippen LogP contribution in [0.3, 0.4) is 0 Å². The minimum atomic E-state index is 0.291. The molecule has 2 fully saturated rings. The molecule has 1 saturated carbocycles. The Kier molecular flexibility index (Phi) is 5.26. The predicted octanol–water partition coefficient (Wildman–Crippen LogP) is 2.66. The Labute approximate surface area is 118 Å². The van der Waals surface area contributed by atoms with Gasteiger partial charge in [0.25, 0.3) is 0 Å². The van der Waals surface area contributed by atoms with Crippen molar-refractivity contribution in [3.63, 3.8) is 0 Å². The summed E-state index contributed by atoms with van der Waals surface area (Å²) in [4.78, 5) is 14.9. The van der Waals surface area contributed by atoms with Crippen LogP contribution >= 0.6 is 0 Å². The van der Waals surface area contributed by atoms with E-state index < -0.39 is 0 Å². The third kappa shape index (κ3) is 3.71. The summed E-state index contributed by atoms with van der Waals surface area (Å²) in [6.45, 7) is 9.74. The molecule has 0 aromatic heterocycles. The Bertz CT molecular complexity index is 297. The molecule has 0 aromatic rings. The lowest BCUT2D eigenvalue weighted by Gasteiger charge is -2.35. The van der Waals surface area contributed by atoms with Crippen molar-refractivity contribution in [2.24, 2.45) is 17.8 Å². The van der Waals surface area contributed by atoms with E-state index in [1.165, 1.54) is 25.7 Å². The maximum Gasteiger partial charge on any atom is 0.226 e. The van der Waals surface area contributed by atoms with E-state index in [-0.39, 0.29) is 0 Å². The number of hydrogen-bond acceptors (Lipinski definition) is 2. The van der Waals surface area contributed by atoms with Crippen LogP contribution in [-0.4, -0.2) is 36.5 Å². The standard InChI is InChI=1S/C16H30N2O/c1-12(2)18(11-14-7-5-9-17-10-14)16(19)15-8-4-6-13(15)3/h12-15,17H,4-11H2,1-3H3. The van der Waals surface area contributed by atoms with Gasteiger partial charge in [0.05, 0.1) is 0 Å². The predicted molar refractivity (Wildman–Crippen MR) is 78.9 cm³/mol. The van der Waals surface area contributed by atoms with Crippen molar-refractivity contribution in [1.82, 2.24) is 10.2 Å². The molecule has 2 rings (SSSR count). The van der Waals surface area contributed by atoms with Crippen LogP contribution in [0, 0.1) is 17.8 Å². The van der Waals surface area contributed by atoms with E-state index in [0.29, 0.717) is 29.7 Å². The van der Waals surface area contributed by atoms with Crippen LogP contribution in [0.5, 0.6) is 0 Å². The largest absolute Gasteiger partial charge is 0.340 e. The fraction of sp³-hybridized carbons (Fsp3) is 0.938. The molecule has 3 heteroatoms. The van der Waals surface area contributed by atoms with Crippen LogP contribution in [0.25, 0.3) is 0 Å². The molecule has 1 aliphatic carbocycles. The molecule has 0 aromatic carbocycles. The first-order valence-electron chi connectivity index (χ1n) is 8.10. The molecule has 0 bridgehead atoms. The van der Waals surface area contributed by atoms with E-state index in [1.54, 1.807) is 0 Å². The number of carbonyl (C=O) groups is 1.